The molecule has 4 rings (SSSR count). The molecule has 1 unspecified atom stereocenters. The molecule has 1 fully saturated rings. The lowest BCUT2D eigenvalue weighted by atomic mass is 10.1. The minimum Gasteiger partial charge on any atom is -0.377 e. The van der Waals surface area contributed by atoms with Gasteiger partial charge in [0.25, 0.3) is 0 Å². The van der Waals surface area contributed by atoms with Gasteiger partial charge in [-0.1, -0.05) is 18.5 Å². The molecule has 0 spiro atoms. The topological polar surface area (TPSA) is 83.1 Å². The Morgan fingerprint density at radius 1 is 1.48 bits per heavy atom. The second-order valence-electron chi connectivity index (χ2n) is 6.83. The SMILES string of the molecule is CCC(=O)N1CCOCC1CNc1nc(-c2c[nH]c3ccc(Cl)cc23)ncc1F. The number of ether oxygens (including phenoxy) is 1. The second-order valence-corrected chi connectivity index (χ2v) is 7.27. The van der Waals surface area contributed by atoms with Crippen LogP contribution in [0.2, 0.25) is 5.02 Å². The Bertz CT molecular complexity index is 1040. The summed E-state index contributed by atoms with van der Waals surface area (Å²) in [4.78, 5) is 25.6. The van der Waals surface area contributed by atoms with Crippen LogP contribution in [0, 0.1) is 5.82 Å². The van der Waals surface area contributed by atoms with E-state index in [1.54, 1.807) is 17.2 Å². The number of nitrogens with one attached hydrogen (secondary N) is 2. The van der Waals surface area contributed by atoms with Crippen LogP contribution in [-0.2, 0) is 9.53 Å². The number of amides is 1. The molecule has 0 bridgehead atoms. The van der Waals surface area contributed by atoms with Crippen molar-refractivity contribution in [3.8, 4) is 11.4 Å². The molecule has 1 atom stereocenters. The van der Waals surface area contributed by atoms with E-state index in [0.717, 1.165) is 22.7 Å². The third-order valence-corrected chi connectivity index (χ3v) is 5.22. The third-order valence-electron chi connectivity index (χ3n) is 4.98. The van der Waals surface area contributed by atoms with Crippen molar-refractivity contribution in [2.24, 2.45) is 0 Å². The molecule has 1 aliphatic rings. The van der Waals surface area contributed by atoms with Gasteiger partial charge in [0.1, 0.15) is 0 Å². The number of morpholine rings is 1. The number of carbonyl (C=O) groups is 1. The summed E-state index contributed by atoms with van der Waals surface area (Å²) in [5.41, 5.74) is 1.62. The second kappa shape index (κ2) is 8.34. The van der Waals surface area contributed by atoms with Gasteiger partial charge < -0.3 is 19.9 Å². The zero-order valence-corrected chi connectivity index (χ0v) is 16.7. The summed E-state index contributed by atoms with van der Waals surface area (Å²) in [6.07, 6.45) is 3.33. The fourth-order valence-electron chi connectivity index (χ4n) is 3.47. The van der Waals surface area contributed by atoms with Gasteiger partial charge in [0.15, 0.2) is 17.5 Å². The monoisotopic (exact) mass is 417 g/mol. The molecular weight excluding hydrogens is 397 g/mol. The first kappa shape index (κ1) is 19.6. The van der Waals surface area contributed by atoms with Crippen molar-refractivity contribution in [3.63, 3.8) is 0 Å². The van der Waals surface area contributed by atoms with Crippen molar-refractivity contribution in [3.05, 3.63) is 41.4 Å². The Hall–Kier alpha value is -2.71. The Morgan fingerprint density at radius 3 is 3.17 bits per heavy atom. The van der Waals surface area contributed by atoms with Crippen LogP contribution in [0.5, 0.6) is 0 Å². The van der Waals surface area contributed by atoms with Gasteiger partial charge in [-0.3, -0.25) is 4.79 Å². The van der Waals surface area contributed by atoms with Gasteiger partial charge in [0.05, 0.1) is 25.5 Å². The number of benzene rings is 1. The van der Waals surface area contributed by atoms with E-state index in [0.29, 0.717) is 43.6 Å². The van der Waals surface area contributed by atoms with Crippen molar-refractivity contribution >= 4 is 34.2 Å². The van der Waals surface area contributed by atoms with Gasteiger partial charge in [-0.05, 0) is 18.2 Å². The Labute approximate surface area is 172 Å². The van der Waals surface area contributed by atoms with Crippen LogP contribution in [0.4, 0.5) is 10.2 Å². The lowest BCUT2D eigenvalue weighted by molar-refractivity contribution is -0.138. The Kier molecular flexibility index (Phi) is 5.64. The predicted molar refractivity (Wildman–Crippen MR) is 109 cm³/mol. The Morgan fingerprint density at radius 2 is 2.34 bits per heavy atom. The summed E-state index contributed by atoms with van der Waals surface area (Å²) < 4.78 is 19.8. The molecule has 3 aromatic rings. The van der Waals surface area contributed by atoms with E-state index in [1.807, 2.05) is 19.1 Å². The van der Waals surface area contributed by atoms with Crippen LogP contribution in [0.25, 0.3) is 22.3 Å². The molecule has 3 heterocycles. The van der Waals surface area contributed by atoms with E-state index in [-0.39, 0.29) is 17.8 Å². The summed E-state index contributed by atoms with van der Waals surface area (Å²) >= 11 is 6.11. The highest BCUT2D eigenvalue weighted by atomic mass is 35.5. The van der Waals surface area contributed by atoms with Gasteiger partial charge >= 0.3 is 0 Å². The number of rotatable bonds is 5. The highest BCUT2D eigenvalue weighted by Crippen LogP contribution is 2.29. The van der Waals surface area contributed by atoms with Crippen LogP contribution in [0.3, 0.4) is 0 Å². The largest absolute Gasteiger partial charge is 0.377 e. The molecule has 0 aliphatic carbocycles. The zero-order chi connectivity index (χ0) is 20.4. The summed E-state index contributed by atoms with van der Waals surface area (Å²) in [7, 11) is 0. The molecule has 9 heteroatoms. The average molecular weight is 418 g/mol. The molecule has 1 saturated heterocycles. The van der Waals surface area contributed by atoms with Crippen molar-refractivity contribution in [1.82, 2.24) is 19.9 Å². The van der Waals surface area contributed by atoms with E-state index in [1.165, 1.54) is 0 Å². The predicted octanol–water partition coefficient (Wildman–Crippen LogP) is 3.47. The van der Waals surface area contributed by atoms with E-state index < -0.39 is 5.82 Å². The van der Waals surface area contributed by atoms with Gasteiger partial charge in [-0.2, -0.15) is 0 Å². The van der Waals surface area contributed by atoms with Crippen LogP contribution in [-0.4, -0.2) is 58.1 Å². The standard InChI is InChI=1S/C20H21ClFN5O2/c1-2-18(28)27-5-6-29-11-13(27)8-24-20-16(22)10-25-19(26-20)15-9-23-17-4-3-12(21)7-14(15)17/h3-4,7,9-10,13,23H,2,5-6,8,11H2,1H3,(H,24,25,26). The maximum atomic E-state index is 14.3. The van der Waals surface area contributed by atoms with E-state index >= 15 is 0 Å². The molecule has 0 saturated carbocycles. The number of anilines is 1. The van der Waals surface area contributed by atoms with Crippen LogP contribution < -0.4 is 5.32 Å². The van der Waals surface area contributed by atoms with E-state index in [9.17, 15) is 9.18 Å². The van der Waals surface area contributed by atoms with Gasteiger partial charge in [-0.15, -0.1) is 0 Å². The molecular formula is C20H21ClFN5O2. The van der Waals surface area contributed by atoms with Crippen molar-refractivity contribution in [1.29, 1.82) is 0 Å². The maximum absolute atomic E-state index is 14.3. The first-order valence-corrected chi connectivity index (χ1v) is 9.85. The Balaban J connectivity index is 1.57. The summed E-state index contributed by atoms with van der Waals surface area (Å²) in [5, 5.41) is 4.47. The summed E-state index contributed by atoms with van der Waals surface area (Å²) in [5.74, 6) is -0.0408. The molecule has 0 radical (unpaired) electrons. The number of fused-ring (bicyclic) bond motifs is 1. The number of carbonyl (C=O) groups excluding carboxylic acids is 1. The fourth-order valence-corrected chi connectivity index (χ4v) is 3.64. The van der Waals surface area contributed by atoms with Crippen LogP contribution in [0.15, 0.2) is 30.6 Å². The quantitative estimate of drug-likeness (QED) is 0.664. The normalized spacial score (nSPS) is 16.9. The highest BCUT2D eigenvalue weighted by molar-refractivity contribution is 6.31. The zero-order valence-electron chi connectivity index (χ0n) is 15.9. The number of halogens is 2. The first-order valence-electron chi connectivity index (χ1n) is 9.47. The molecule has 152 valence electrons. The molecule has 29 heavy (non-hydrogen) atoms. The van der Waals surface area contributed by atoms with Crippen molar-refractivity contribution in [2.75, 3.05) is 31.6 Å². The number of hydrogen-bond acceptors (Lipinski definition) is 5. The van der Waals surface area contributed by atoms with E-state index in [4.69, 9.17) is 16.3 Å². The molecule has 1 aliphatic heterocycles. The van der Waals surface area contributed by atoms with Crippen LogP contribution in [0.1, 0.15) is 13.3 Å². The minimum absolute atomic E-state index is 0.0552. The lowest BCUT2D eigenvalue weighted by Crippen LogP contribution is -2.51. The summed E-state index contributed by atoms with van der Waals surface area (Å²) in [6, 6.07) is 5.29. The van der Waals surface area contributed by atoms with Crippen molar-refractivity contribution in [2.45, 2.75) is 19.4 Å². The fraction of sp³-hybridized carbons (Fsp3) is 0.350. The van der Waals surface area contributed by atoms with Gasteiger partial charge in [0, 0.05) is 47.2 Å². The lowest BCUT2D eigenvalue weighted by Gasteiger charge is -2.35. The number of aromatic nitrogens is 3. The maximum Gasteiger partial charge on any atom is 0.222 e. The number of H-pyrrole nitrogens is 1. The minimum atomic E-state index is -0.559. The smallest absolute Gasteiger partial charge is 0.222 e. The number of aromatic amines is 1. The number of nitrogens with zero attached hydrogens (tertiary/aromatic N) is 3. The molecule has 2 N–H and O–H groups in total. The average Bonchev–Trinajstić information content (AvgIpc) is 3.16. The molecule has 1 amide bonds. The van der Waals surface area contributed by atoms with Gasteiger partial charge in [-0.25, -0.2) is 14.4 Å². The number of hydrogen-bond donors (Lipinski definition) is 2. The van der Waals surface area contributed by atoms with Crippen LogP contribution >= 0.6 is 11.6 Å². The first-order chi connectivity index (χ1) is 14.1. The molecule has 1 aromatic carbocycles. The molecule has 2 aromatic heterocycles. The highest BCUT2D eigenvalue weighted by Gasteiger charge is 2.26. The van der Waals surface area contributed by atoms with Crippen molar-refractivity contribution < 1.29 is 13.9 Å². The van der Waals surface area contributed by atoms with E-state index in [2.05, 4.69) is 20.3 Å². The summed E-state index contributed by atoms with van der Waals surface area (Å²) in [6.45, 7) is 3.61. The van der Waals surface area contributed by atoms with Gasteiger partial charge in [0.2, 0.25) is 5.91 Å². The third kappa shape index (κ3) is 4.04. The molecule has 7 nitrogen and oxygen atoms in total.